The number of ketones is 1. The lowest BCUT2D eigenvalue weighted by atomic mass is 10.0. The first-order valence-electron chi connectivity index (χ1n) is 14.2. The molecule has 1 aliphatic rings. The van der Waals surface area contributed by atoms with Crippen LogP contribution in [0.15, 0.2) is 126 Å². The number of carbonyl (C=O) groups excluding carboxylic acids is 3. The van der Waals surface area contributed by atoms with Gasteiger partial charge in [0.2, 0.25) is 0 Å². The summed E-state index contributed by atoms with van der Waals surface area (Å²) in [6, 6.07) is 35.0. The maximum absolute atomic E-state index is 13.5. The zero-order valence-electron chi connectivity index (χ0n) is 23.9. The molecule has 0 atom stereocenters. The van der Waals surface area contributed by atoms with Gasteiger partial charge in [0.15, 0.2) is 5.78 Å². The van der Waals surface area contributed by atoms with Crippen molar-refractivity contribution in [1.29, 1.82) is 0 Å². The third-order valence-electron chi connectivity index (χ3n) is 7.39. The van der Waals surface area contributed by atoms with E-state index in [-0.39, 0.29) is 17.2 Å². The van der Waals surface area contributed by atoms with Crippen molar-refractivity contribution in [3.63, 3.8) is 0 Å². The normalized spacial score (nSPS) is 11.8. The Bertz CT molecular complexity index is 1950. The number of anilines is 1. The van der Waals surface area contributed by atoms with Gasteiger partial charge in [-0.3, -0.25) is 14.4 Å². The van der Waals surface area contributed by atoms with Crippen molar-refractivity contribution in [3.8, 4) is 11.1 Å². The molecule has 222 valence electrons. The number of carbonyl (C=O) groups is 3. The topological polar surface area (TPSA) is 75.3 Å². The number of hydrogen-bond acceptors (Lipinski definition) is 4. The van der Waals surface area contributed by atoms with Gasteiger partial charge in [0.25, 0.3) is 11.8 Å². The van der Waals surface area contributed by atoms with Crippen LogP contribution in [0, 0.1) is 0 Å². The molecule has 5 nitrogen and oxygen atoms in total. The zero-order valence-corrected chi connectivity index (χ0v) is 26.2. The Kier molecular flexibility index (Phi) is 9.17. The predicted molar refractivity (Wildman–Crippen MR) is 183 cm³/mol. The van der Waals surface area contributed by atoms with E-state index in [1.54, 1.807) is 66.7 Å². The van der Waals surface area contributed by atoms with Crippen LogP contribution < -0.4 is 10.6 Å². The van der Waals surface area contributed by atoms with Crippen molar-refractivity contribution in [1.82, 2.24) is 5.32 Å². The van der Waals surface area contributed by atoms with Gasteiger partial charge in [-0.2, -0.15) is 0 Å². The lowest BCUT2D eigenvalue weighted by Crippen LogP contribution is -2.30. The van der Waals surface area contributed by atoms with E-state index in [1.165, 1.54) is 34.5 Å². The molecule has 0 unspecified atom stereocenters. The summed E-state index contributed by atoms with van der Waals surface area (Å²) in [5.74, 6) is -0.753. The first-order chi connectivity index (χ1) is 21.9. The number of halogens is 2. The summed E-state index contributed by atoms with van der Waals surface area (Å²) in [4.78, 5) is 40.4. The molecule has 0 aliphatic heterocycles. The van der Waals surface area contributed by atoms with Crippen molar-refractivity contribution in [3.05, 3.63) is 159 Å². The second kappa shape index (κ2) is 13.6. The molecule has 0 bridgehead atoms. The highest BCUT2D eigenvalue weighted by Crippen LogP contribution is 2.37. The molecule has 0 aromatic heterocycles. The van der Waals surface area contributed by atoms with Crippen LogP contribution in [0.3, 0.4) is 0 Å². The average molecular weight is 650 g/mol. The lowest BCUT2D eigenvalue weighted by molar-refractivity contribution is -0.113. The fourth-order valence-electron chi connectivity index (χ4n) is 5.15. The van der Waals surface area contributed by atoms with Crippen molar-refractivity contribution in [2.75, 3.05) is 11.1 Å². The highest BCUT2D eigenvalue weighted by Gasteiger charge is 2.20. The molecule has 8 heteroatoms. The van der Waals surface area contributed by atoms with Gasteiger partial charge in [-0.25, -0.2) is 0 Å². The van der Waals surface area contributed by atoms with Crippen LogP contribution in [0.25, 0.3) is 17.2 Å². The van der Waals surface area contributed by atoms with E-state index in [9.17, 15) is 14.4 Å². The van der Waals surface area contributed by atoms with E-state index in [4.69, 9.17) is 23.2 Å². The van der Waals surface area contributed by atoms with E-state index >= 15 is 0 Å². The van der Waals surface area contributed by atoms with Crippen molar-refractivity contribution < 1.29 is 14.4 Å². The van der Waals surface area contributed by atoms with Crippen molar-refractivity contribution in [2.45, 2.75) is 11.3 Å². The fraction of sp³-hybridized carbons (Fsp3) is 0.0541. The van der Waals surface area contributed by atoms with E-state index in [1.807, 2.05) is 36.4 Å². The van der Waals surface area contributed by atoms with E-state index in [0.717, 1.165) is 16.9 Å². The molecule has 0 saturated carbocycles. The highest BCUT2D eigenvalue weighted by atomic mass is 35.5. The molecule has 0 radical (unpaired) electrons. The summed E-state index contributed by atoms with van der Waals surface area (Å²) in [5, 5.41) is 6.21. The minimum absolute atomic E-state index is 0.0265. The Hall–Kier alpha value is -4.62. The van der Waals surface area contributed by atoms with Gasteiger partial charge in [-0.15, -0.1) is 11.8 Å². The molecule has 6 rings (SSSR count). The number of amides is 2. The van der Waals surface area contributed by atoms with E-state index in [0.29, 0.717) is 32.4 Å². The molecule has 0 spiro atoms. The third kappa shape index (κ3) is 7.04. The van der Waals surface area contributed by atoms with Crippen molar-refractivity contribution in [2.24, 2.45) is 0 Å². The third-order valence-corrected chi connectivity index (χ3v) is 9.05. The van der Waals surface area contributed by atoms with Gasteiger partial charge in [-0.1, -0.05) is 89.9 Å². The largest absolute Gasteiger partial charge is 0.321 e. The number of Topliss-reactive ketones (excluding diaryl/α,β-unsaturated/α-hetero) is 1. The van der Waals surface area contributed by atoms with Crippen LogP contribution in [0.4, 0.5) is 5.69 Å². The number of nitrogens with one attached hydrogen (secondary N) is 2. The van der Waals surface area contributed by atoms with Crippen LogP contribution in [-0.2, 0) is 11.2 Å². The minimum atomic E-state index is -0.562. The summed E-state index contributed by atoms with van der Waals surface area (Å²) in [7, 11) is 0. The Labute approximate surface area is 275 Å². The number of fused-ring (bicyclic) bond motifs is 3. The number of thioether (sulfide) groups is 1. The van der Waals surface area contributed by atoms with Gasteiger partial charge in [-0.05, 0) is 83.3 Å². The van der Waals surface area contributed by atoms with Crippen LogP contribution in [0.5, 0.6) is 0 Å². The predicted octanol–water partition coefficient (Wildman–Crippen LogP) is 8.95. The van der Waals surface area contributed by atoms with Crippen LogP contribution >= 0.6 is 35.0 Å². The van der Waals surface area contributed by atoms with Crippen LogP contribution in [0.1, 0.15) is 37.4 Å². The molecule has 1 aliphatic carbocycles. The lowest BCUT2D eigenvalue weighted by Gasteiger charge is -2.13. The Morgan fingerprint density at radius 1 is 0.711 bits per heavy atom. The molecule has 0 fully saturated rings. The second-order valence-corrected chi connectivity index (χ2v) is 12.3. The van der Waals surface area contributed by atoms with E-state index in [2.05, 4.69) is 22.8 Å². The average Bonchev–Trinajstić information content (AvgIpc) is 3.43. The van der Waals surface area contributed by atoms with Gasteiger partial charge in [0, 0.05) is 37.3 Å². The summed E-state index contributed by atoms with van der Waals surface area (Å²) in [6.45, 7) is 0. The molecular weight excluding hydrogens is 623 g/mol. The number of benzene rings is 5. The van der Waals surface area contributed by atoms with Gasteiger partial charge in [0.1, 0.15) is 5.70 Å². The number of hydrogen-bond donors (Lipinski definition) is 2. The number of rotatable bonds is 9. The SMILES string of the molecule is O=C(Nc1cccc(SCC(=O)c2ccc3c(c2)Cc2ccccc2-3)c1)/C(=C/c1c(Cl)cccc1Cl)NC(=O)c1ccccc1. The fourth-order valence-corrected chi connectivity index (χ4v) is 6.50. The van der Waals surface area contributed by atoms with E-state index < -0.39 is 11.8 Å². The molecular formula is C37H26Cl2N2O3S. The Morgan fingerprint density at radius 2 is 1.42 bits per heavy atom. The van der Waals surface area contributed by atoms with Crippen molar-refractivity contribution >= 4 is 64.3 Å². The first-order valence-corrected chi connectivity index (χ1v) is 15.9. The maximum Gasteiger partial charge on any atom is 0.272 e. The molecule has 0 saturated heterocycles. The van der Waals surface area contributed by atoms with Crippen LogP contribution in [-0.4, -0.2) is 23.4 Å². The summed E-state index contributed by atoms with van der Waals surface area (Å²) < 4.78 is 0. The molecule has 2 N–H and O–H groups in total. The van der Waals surface area contributed by atoms with Crippen LogP contribution in [0.2, 0.25) is 10.0 Å². The summed E-state index contributed by atoms with van der Waals surface area (Å²) in [5.41, 5.74) is 6.78. The maximum atomic E-state index is 13.5. The Morgan fingerprint density at radius 3 is 2.22 bits per heavy atom. The van der Waals surface area contributed by atoms with Gasteiger partial charge in [0.05, 0.1) is 5.75 Å². The smallest absolute Gasteiger partial charge is 0.272 e. The summed E-state index contributed by atoms with van der Waals surface area (Å²) in [6.07, 6.45) is 2.28. The van der Waals surface area contributed by atoms with Gasteiger partial charge < -0.3 is 10.6 Å². The quantitative estimate of drug-likeness (QED) is 0.0932. The Balaban J connectivity index is 1.16. The minimum Gasteiger partial charge on any atom is -0.321 e. The monoisotopic (exact) mass is 648 g/mol. The summed E-state index contributed by atoms with van der Waals surface area (Å²) >= 11 is 14.1. The zero-order chi connectivity index (χ0) is 31.3. The molecule has 0 heterocycles. The first kappa shape index (κ1) is 30.4. The standard InChI is InChI=1S/C37H26Cl2N2O3S/c38-32-14-7-15-33(39)31(32)21-34(41-36(43)23-8-2-1-3-9-23)37(44)40-27-11-6-12-28(20-27)45-22-35(42)25-16-17-30-26(19-25)18-24-10-4-5-13-29(24)30/h1-17,19-21H,18,22H2,(H,40,44)(H,41,43)/b34-21-. The highest BCUT2D eigenvalue weighted by molar-refractivity contribution is 8.00. The second-order valence-electron chi connectivity index (χ2n) is 10.4. The molecule has 2 amide bonds. The molecule has 5 aromatic carbocycles. The van der Waals surface area contributed by atoms with Gasteiger partial charge >= 0.3 is 0 Å². The molecule has 45 heavy (non-hydrogen) atoms. The molecule has 5 aromatic rings.